The average Bonchev–Trinajstić information content (AvgIpc) is 3.25. The lowest BCUT2D eigenvalue weighted by Gasteiger charge is -2.11. The molecular weight excluding hydrogens is 342 g/mol. The maximum atomic E-state index is 12.0. The fraction of sp³-hybridized carbons (Fsp3) is 0.250. The minimum atomic E-state index is -0.194. The average molecular weight is 365 g/mol. The van der Waals surface area contributed by atoms with Crippen LogP contribution >= 0.6 is 0 Å². The molecule has 0 radical (unpaired) electrons. The van der Waals surface area contributed by atoms with Crippen LogP contribution in [0.4, 0.5) is 4.79 Å². The van der Waals surface area contributed by atoms with Crippen LogP contribution in [0.2, 0.25) is 0 Å². The third-order valence-electron chi connectivity index (χ3n) is 4.12. The van der Waals surface area contributed by atoms with Crippen LogP contribution < -0.4 is 15.4 Å². The zero-order valence-electron chi connectivity index (χ0n) is 15.3. The summed E-state index contributed by atoms with van der Waals surface area (Å²) in [4.78, 5) is 16.4. The quantitative estimate of drug-likeness (QED) is 0.602. The Kier molecular flexibility index (Phi) is 6.40. The molecule has 0 fully saturated rings. The highest BCUT2D eigenvalue weighted by molar-refractivity contribution is 5.73. The summed E-state index contributed by atoms with van der Waals surface area (Å²) in [6, 6.07) is 13.4. The number of urea groups is 1. The number of methoxy groups -OCH3 is 1. The maximum absolute atomic E-state index is 12.0. The van der Waals surface area contributed by atoms with Gasteiger partial charge in [-0.3, -0.25) is 0 Å². The summed E-state index contributed by atoms with van der Waals surface area (Å²) >= 11 is 0. The van der Waals surface area contributed by atoms with Gasteiger partial charge >= 0.3 is 6.03 Å². The Morgan fingerprint density at radius 3 is 2.70 bits per heavy atom. The van der Waals surface area contributed by atoms with Crippen LogP contribution in [0, 0.1) is 0 Å². The molecule has 3 aromatic rings. The summed E-state index contributed by atoms with van der Waals surface area (Å²) < 4.78 is 6.83. The summed E-state index contributed by atoms with van der Waals surface area (Å²) in [5.74, 6) is 1.56. The molecule has 0 spiro atoms. The topological polar surface area (TPSA) is 81.1 Å². The number of pyridine rings is 1. The molecule has 2 N–H and O–H groups in total. The van der Waals surface area contributed by atoms with E-state index in [0.717, 1.165) is 24.2 Å². The number of carbonyl (C=O) groups is 1. The second-order valence-electron chi connectivity index (χ2n) is 6.00. The Bertz CT molecular complexity index is 847. The van der Waals surface area contributed by atoms with Crippen molar-refractivity contribution in [2.24, 2.45) is 0 Å². The normalized spacial score (nSPS) is 10.4. The number of rotatable bonds is 8. The van der Waals surface area contributed by atoms with Crippen LogP contribution in [0.5, 0.6) is 5.75 Å². The molecule has 1 aromatic carbocycles. The number of aryl methyl sites for hydroxylation is 1. The van der Waals surface area contributed by atoms with E-state index in [0.29, 0.717) is 18.9 Å². The number of nitrogens with zero attached hydrogens (tertiary/aromatic N) is 3. The van der Waals surface area contributed by atoms with Crippen molar-refractivity contribution in [2.75, 3.05) is 13.7 Å². The van der Waals surface area contributed by atoms with Crippen LogP contribution in [0.25, 0.3) is 5.82 Å². The standard InChI is InChI=1S/C20H23N5O2/c1-27-18-9-7-16(8-10-18)5-2-12-22-20(26)23-15-17-6-3-11-21-19(17)25-14-4-13-24-25/h3-4,6-11,13-14H,2,5,12,15H2,1H3,(H2,22,23,26). The number of ether oxygens (including phenoxy) is 1. The van der Waals surface area contributed by atoms with E-state index in [1.807, 2.05) is 48.7 Å². The molecule has 0 saturated carbocycles. The lowest BCUT2D eigenvalue weighted by atomic mass is 10.1. The molecule has 0 aliphatic rings. The Hall–Kier alpha value is -3.35. The van der Waals surface area contributed by atoms with E-state index in [4.69, 9.17) is 4.74 Å². The van der Waals surface area contributed by atoms with Gasteiger partial charge in [0.1, 0.15) is 5.75 Å². The van der Waals surface area contributed by atoms with Gasteiger partial charge in [0.25, 0.3) is 0 Å². The number of benzene rings is 1. The largest absolute Gasteiger partial charge is 0.497 e. The van der Waals surface area contributed by atoms with Crippen molar-refractivity contribution in [2.45, 2.75) is 19.4 Å². The predicted molar refractivity (Wildman–Crippen MR) is 103 cm³/mol. The smallest absolute Gasteiger partial charge is 0.315 e. The Morgan fingerprint density at radius 1 is 1.11 bits per heavy atom. The Balaban J connectivity index is 1.41. The molecule has 2 amide bonds. The molecular formula is C20H23N5O2. The van der Waals surface area contributed by atoms with E-state index in [2.05, 4.69) is 20.7 Å². The third-order valence-corrected chi connectivity index (χ3v) is 4.12. The van der Waals surface area contributed by atoms with Gasteiger partial charge in [-0.15, -0.1) is 0 Å². The first-order valence-electron chi connectivity index (χ1n) is 8.85. The summed E-state index contributed by atoms with van der Waals surface area (Å²) in [6.45, 7) is 0.990. The molecule has 140 valence electrons. The van der Waals surface area contributed by atoms with Crippen molar-refractivity contribution in [3.8, 4) is 11.6 Å². The molecule has 3 rings (SSSR count). The molecule has 27 heavy (non-hydrogen) atoms. The predicted octanol–water partition coefficient (Wildman–Crippen LogP) is 2.71. The zero-order valence-corrected chi connectivity index (χ0v) is 15.3. The summed E-state index contributed by atoms with van der Waals surface area (Å²) in [5, 5.41) is 9.94. The molecule has 0 saturated heterocycles. The van der Waals surface area contributed by atoms with Crippen LogP contribution in [0.3, 0.4) is 0 Å². The van der Waals surface area contributed by atoms with Crippen molar-refractivity contribution < 1.29 is 9.53 Å². The molecule has 0 aliphatic carbocycles. The fourth-order valence-corrected chi connectivity index (χ4v) is 2.69. The first kappa shape index (κ1) is 18.4. The molecule has 0 atom stereocenters. The van der Waals surface area contributed by atoms with Crippen LogP contribution in [-0.4, -0.2) is 34.5 Å². The molecule has 7 heteroatoms. The van der Waals surface area contributed by atoms with Gasteiger partial charge in [-0.2, -0.15) is 5.10 Å². The van der Waals surface area contributed by atoms with E-state index in [1.54, 1.807) is 24.2 Å². The molecule has 0 bridgehead atoms. The molecule has 0 unspecified atom stereocenters. The monoisotopic (exact) mass is 365 g/mol. The minimum absolute atomic E-state index is 0.194. The van der Waals surface area contributed by atoms with Gasteiger partial charge in [0.2, 0.25) is 0 Å². The van der Waals surface area contributed by atoms with Gasteiger partial charge in [0.15, 0.2) is 5.82 Å². The molecule has 0 aliphatic heterocycles. The second kappa shape index (κ2) is 9.38. The van der Waals surface area contributed by atoms with E-state index >= 15 is 0 Å². The maximum Gasteiger partial charge on any atom is 0.315 e. The van der Waals surface area contributed by atoms with Gasteiger partial charge in [0.05, 0.1) is 7.11 Å². The Morgan fingerprint density at radius 2 is 1.96 bits per heavy atom. The molecule has 2 heterocycles. The van der Waals surface area contributed by atoms with Gasteiger partial charge in [-0.05, 0) is 42.7 Å². The first-order valence-corrected chi connectivity index (χ1v) is 8.85. The summed E-state index contributed by atoms with van der Waals surface area (Å²) in [6.07, 6.45) is 6.99. The number of carbonyl (C=O) groups excluding carboxylic acids is 1. The third kappa shape index (κ3) is 5.31. The molecule has 7 nitrogen and oxygen atoms in total. The van der Waals surface area contributed by atoms with Gasteiger partial charge < -0.3 is 15.4 Å². The van der Waals surface area contributed by atoms with Crippen molar-refractivity contribution >= 4 is 6.03 Å². The van der Waals surface area contributed by atoms with Crippen LogP contribution in [0.1, 0.15) is 17.5 Å². The SMILES string of the molecule is COc1ccc(CCCNC(=O)NCc2cccnc2-n2cccn2)cc1. The minimum Gasteiger partial charge on any atom is -0.497 e. The lowest BCUT2D eigenvalue weighted by Crippen LogP contribution is -2.36. The summed E-state index contributed by atoms with van der Waals surface area (Å²) in [5.41, 5.74) is 2.12. The number of amides is 2. The fourth-order valence-electron chi connectivity index (χ4n) is 2.69. The van der Waals surface area contributed by atoms with E-state index in [9.17, 15) is 4.79 Å². The van der Waals surface area contributed by atoms with E-state index < -0.39 is 0 Å². The highest BCUT2D eigenvalue weighted by Gasteiger charge is 2.07. The number of hydrogen-bond acceptors (Lipinski definition) is 4. The Labute approximate surface area is 158 Å². The number of aromatic nitrogens is 3. The molecule has 2 aromatic heterocycles. The van der Waals surface area contributed by atoms with E-state index in [1.165, 1.54) is 5.56 Å². The van der Waals surface area contributed by atoms with Gasteiger partial charge in [-0.25, -0.2) is 14.5 Å². The van der Waals surface area contributed by atoms with Crippen LogP contribution in [-0.2, 0) is 13.0 Å². The van der Waals surface area contributed by atoms with Crippen LogP contribution in [0.15, 0.2) is 61.1 Å². The van der Waals surface area contributed by atoms with Crippen molar-refractivity contribution in [3.63, 3.8) is 0 Å². The van der Waals surface area contributed by atoms with Crippen molar-refractivity contribution in [1.29, 1.82) is 0 Å². The highest BCUT2D eigenvalue weighted by Crippen LogP contribution is 2.12. The lowest BCUT2D eigenvalue weighted by molar-refractivity contribution is 0.240. The van der Waals surface area contributed by atoms with Crippen molar-refractivity contribution in [1.82, 2.24) is 25.4 Å². The second-order valence-corrected chi connectivity index (χ2v) is 6.00. The summed E-state index contributed by atoms with van der Waals surface area (Å²) in [7, 11) is 1.65. The first-order chi connectivity index (χ1) is 13.3. The number of nitrogens with one attached hydrogen (secondary N) is 2. The van der Waals surface area contributed by atoms with Gasteiger partial charge in [0, 0.05) is 37.2 Å². The highest BCUT2D eigenvalue weighted by atomic mass is 16.5. The zero-order chi connectivity index (χ0) is 18.9. The van der Waals surface area contributed by atoms with Crippen molar-refractivity contribution in [3.05, 3.63) is 72.2 Å². The number of hydrogen-bond donors (Lipinski definition) is 2. The van der Waals surface area contributed by atoms with E-state index in [-0.39, 0.29) is 6.03 Å². The van der Waals surface area contributed by atoms with Gasteiger partial charge in [-0.1, -0.05) is 18.2 Å².